The summed E-state index contributed by atoms with van der Waals surface area (Å²) in [6.07, 6.45) is 0.906. The number of benzene rings is 3. The van der Waals surface area contributed by atoms with Crippen molar-refractivity contribution in [2.45, 2.75) is 13.0 Å². The maximum absolute atomic E-state index is 12.3. The van der Waals surface area contributed by atoms with E-state index in [1.807, 2.05) is 54.6 Å². The number of para-hydroxylation sites is 2. The van der Waals surface area contributed by atoms with Gasteiger partial charge in [0.15, 0.2) is 0 Å². The van der Waals surface area contributed by atoms with Crippen molar-refractivity contribution in [1.82, 2.24) is 4.90 Å². The minimum absolute atomic E-state index is 0. The number of hydrogen-bond donors (Lipinski definition) is 0. The monoisotopic (exact) mass is 512 g/mol. The van der Waals surface area contributed by atoms with Crippen molar-refractivity contribution in [2.75, 3.05) is 51.3 Å². The molecule has 0 amide bonds. The fourth-order valence-corrected chi connectivity index (χ4v) is 4.07. The summed E-state index contributed by atoms with van der Waals surface area (Å²) in [6, 6.07) is 24.7. The van der Waals surface area contributed by atoms with Crippen LogP contribution >= 0.6 is 12.4 Å². The van der Waals surface area contributed by atoms with E-state index in [1.165, 1.54) is 0 Å². The van der Waals surface area contributed by atoms with Crippen LogP contribution in [0, 0.1) is 0 Å². The number of methoxy groups -OCH3 is 1. The van der Waals surface area contributed by atoms with E-state index in [4.69, 9.17) is 19.2 Å². The summed E-state index contributed by atoms with van der Waals surface area (Å²) in [5, 5.41) is 0. The Labute approximate surface area is 218 Å². The number of ether oxygens (including phenoxy) is 2. The molecule has 8 heteroatoms. The summed E-state index contributed by atoms with van der Waals surface area (Å²) in [5.74, 6) is 1.02. The van der Waals surface area contributed by atoms with E-state index in [1.54, 1.807) is 25.3 Å². The topological polar surface area (TPSA) is 60.5 Å². The standard InChI is InChI=1S/C28H32N2O5.ClH/c1-32-27-14-6-5-13-26(27)30-18-16-29(17-19-30)15-8-20-33-25-12-7-11-24(21-25)28(31)35-34-22-23-9-3-2-4-10-23;/h2-7,9-14,21H,8,15-20,22H2,1H3;1H. The fraction of sp³-hybridized carbons (Fsp3) is 0.321. The van der Waals surface area contributed by atoms with Crippen LogP contribution in [0.15, 0.2) is 78.9 Å². The van der Waals surface area contributed by atoms with Crippen LogP contribution in [0.1, 0.15) is 22.3 Å². The minimum Gasteiger partial charge on any atom is -0.495 e. The van der Waals surface area contributed by atoms with Crippen molar-refractivity contribution < 1.29 is 24.0 Å². The van der Waals surface area contributed by atoms with E-state index in [0.29, 0.717) is 17.9 Å². The lowest BCUT2D eigenvalue weighted by atomic mass is 10.2. The molecule has 0 saturated carbocycles. The highest BCUT2D eigenvalue weighted by Crippen LogP contribution is 2.28. The minimum atomic E-state index is -0.542. The molecule has 0 atom stereocenters. The molecule has 0 aromatic heterocycles. The average Bonchev–Trinajstić information content (AvgIpc) is 2.92. The molecule has 0 N–H and O–H groups in total. The van der Waals surface area contributed by atoms with Crippen LogP contribution in [0.2, 0.25) is 0 Å². The maximum atomic E-state index is 12.3. The van der Waals surface area contributed by atoms with Crippen LogP contribution in [0.4, 0.5) is 5.69 Å². The molecule has 36 heavy (non-hydrogen) atoms. The van der Waals surface area contributed by atoms with E-state index in [0.717, 1.165) is 56.1 Å². The van der Waals surface area contributed by atoms with Gasteiger partial charge in [0, 0.05) is 32.7 Å². The molecule has 0 bridgehead atoms. The summed E-state index contributed by atoms with van der Waals surface area (Å²) >= 11 is 0. The summed E-state index contributed by atoms with van der Waals surface area (Å²) < 4.78 is 11.4. The second kappa shape index (κ2) is 14.3. The van der Waals surface area contributed by atoms with E-state index in [2.05, 4.69) is 15.9 Å². The van der Waals surface area contributed by atoms with Gasteiger partial charge in [0.2, 0.25) is 0 Å². The van der Waals surface area contributed by atoms with E-state index < -0.39 is 5.97 Å². The largest absolute Gasteiger partial charge is 0.495 e. The number of hydrogen-bond acceptors (Lipinski definition) is 7. The Morgan fingerprint density at radius 2 is 1.64 bits per heavy atom. The summed E-state index contributed by atoms with van der Waals surface area (Å²) in [7, 11) is 1.72. The highest BCUT2D eigenvalue weighted by atomic mass is 35.5. The van der Waals surface area contributed by atoms with Gasteiger partial charge in [-0.25, -0.2) is 4.79 Å². The van der Waals surface area contributed by atoms with Crippen LogP contribution < -0.4 is 14.4 Å². The van der Waals surface area contributed by atoms with Crippen LogP contribution in [0.25, 0.3) is 0 Å². The molecule has 1 aliphatic rings. The quantitative estimate of drug-likeness (QED) is 0.203. The van der Waals surface area contributed by atoms with Gasteiger partial charge in [-0.05, 0) is 42.3 Å². The van der Waals surface area contributed by atoms with Gasteiger partial charge in [0.1, 0.15) is 18.1 Å². The number of nitrogens with zero attached hydrogens (tertiary/aromatic N) is 2. The Bertz CT molecular complexity index is 1070. The zero-order valence-corrected chi connectivity index (χ0v) is 21.3. The van der Waals surface area contributed by atoms with Crippen molar-refractivity contribution in [3.8, 4) is 11.5 Å². The molecule has 4 rings (SSSR count). The van der Waals surface area contributed by atoms with Crippen LogP contribution in [-0.2, 0) is 16.4 Å². The Kier molecular flexibility index (Phi) is 10.9. The highest BCUT2D eigenvalue weighted by molar-refractivity contribution is 5.89. The SMILES string of the molecule is COc1ccccc1N1CCN(CCCOc2cccc(C(=O)OOCc3ccccc3)c2)CC1.Cl. The van der Waals surface area contributed by atoms with Gasteiger partial charge in [-0.3, -0.25) is 9.79 Å². The van der Waals surface area contributed by atoms with Crippen molar-refractivity contribution in [3.05, 3.63) is 90.0 Å². The van der Waals surface area contributed by atoms with Gasteiger partial charge in [-0.2, -0.15) is 4.89 Å². The number of carbonyl (C=O) groups excluding carboxylic acids is 1. The number of rotatable bonds is 11. The van der Waals surface area contributed by atoms with Crippen molar-refractivity contribution in [2.24, 2.45) is 0 Å². The second-order valence-corrected chi connectivity index (χ2v) is 8.35. The zero-order valence-electron chi connectivity index (χ0n) is 20.5. The Morgan fingerprint density at radius 3 is 2.42 bits per heavy atom. The first-order valence-electron chi connectivity index (χ1n) is 11.9. The van der Waals surface area contributed by atoms with Gasteiger partial charge in [-0.15, -0.1) is 12.4 Å². The van der Waals surface area contributed by atoms with Crippen LogP contribution in [-0.4, -0.2) is 57.3 Å². The number of piperazine rings is 1. The molecule has 1 saturated heterocycles. The Balaban J connectivity index is 0.00000361. The molecule has 1 aliphatic heterocycles. The third-order valence-corrected chi connectivity index (χ3v) is 5.96. The van der Waals surface area contributed by atoms with Crippen molar-refractivity contribution in [3.63, 3.8) is 0 Å². The number of carbonyl (C=O) groups is 1. The van der Waals surface area contributed by atoms with E-state index >= 15 is 0 Å². The number of anilines is 1. The molecule has 1 heterocycles. The second-order valence-electron chi connectivity index (χ2n) is 8.35. The van der Waals surface area contributed by atoms with Crippen LogP contribution in [0.3, 0.4) is 0 Å². The fourth-order valence-electron chi connectivity index (χ4n) is 4.07. The van der Waals surface area contributed by atoms with Gasteiger partial charge in [0.25, 0.3) is 0 Å². The molecule has 192 valence electrons. The smallest absolute Gasteiger partial charge is 0.373 e. The lowest BCUT2D eigenvalue weighted by Gasteiger charge is -2.36. The molecular formula is C28H33ClN2O5. The van der Waals surface area contributed by atoms with Crippen molar-refractivity contribution in [1.29, 1.82) is 0 Å². The zero-order chi connectivity index (χ0) is 24.3. The first-order valence-corrected chi connectivity index (χ1v) is 11.9. The van der Waals surface area contributed by atoms with Gasteiger partial charge in [0.05, 0.1) is 25.0 Å². The summed E-state index contributed by atoms with van der Waals surface area (Å²) in [6.45, 7) is 5.70. The van der Waals surface area contributed by atoms with Gasteiger partial charge in [-0.1, -0.05) is 48.5 Å². The molecule has 0 unspecified atom stereocenters. The van der Waals surface area contributed by atoms with Gasteiger partial charge < -0.3 is 14.4 Å². The normalized spacial score (nSPS) is 13.5. The molecule has 0 spiro atoms. The third-order valence-electron chi connectivity index (χ3n) is 5.96. The Morgan fingerprint density at radius 1 is 0.889 bits per heavy atom. The lowest BCUT2D eigenvalue weighted by Crippen LogP contribution is -2.46. The molecule has 0 aliphatic carbocycles. The van der Waals surface area contributed by atoms with E-state index in [-0.39, 0.29) is 19.0 Å². The molecule has 3 aromatic carbocycles. The van der Waals surface area contributed by atoms with Crippen LogP contribution in [0.5, 0.6) is 11.5 Å². The summed E-state index contributed by atoms with van der Waals surface area (Å²) in [5.41, 5.74) is 2.48. The molecule has 7 nitrogen and oxygen atoms in total. The predicted molar refractivity (Wildman–Crippen MR) is 142 cm³/mol. The lowest BCUT2D eigenvalue weighted by molar-refractivity contribution is -0.250. The highest BCUT2D eigenvalue weighted by Gasteiger charge is 2.19. The number of halogens is 1. The predicted octanol–water partition coefficient (Wildman–Crippen LogP) is 5.00. The van der Waals surface area contributed by atoms with Gasteiger partial charge >= 0.3 is 5.97 Å². The van der Waals surface area contributed by atoms with Crippen molar-refractivity contribution >= 4 is 24.1 Å². The molecule has 3 aromatic rings. The molecule has 0 radical (unpaired) electrons. The summed E-state index contributed by atoms with van der Waals surface area (Å²) in [4.78, 5) is 27.1. The van der Waals surface area contributed by atoms with E-state index in [9.17, 15) is 4.79 Å². The molecule has 1 fully saturated rings. The Hall–Kier alpha value is -3.26. The molecular weight excluding hydrogens is 480 g/mol. The maximum Gasteiger partial charge on any atom is 0.373 e. The third kappa shape index (κ3) is 7.88. The first-order chi connectivity index (χ1) is 17.2. The average molecular weight is 513 g/mol. The first kappa shape index (κ1) is 27.3.